The van der Waals surface area contributed by atoms with Crippen LogP contribution in [-0.4, -0.2) is 150 Å². The van der Waals surface area contributed by atoms with E-state index in [-0.39, 0.29) is 28.1 Å². The quantitative estimate of drug-likeness (QED) is 0.132. The number of allylic oxidation sites excluding steroid dienone is 1. The third kappa shape index (κ3) is 7.26. The minimum Gasteiger partial charge on any atom is -0.394 e. The lowest BCUT2D eigenvalue weighted by atomic mass is 9.38. The zero-order chi connectivity index (χ0) is 41.5. The first kappa shape index (κ1) is 44.7. The maximum Gasteiger partial charge on any atom is 0.187 e. The van der Waals surface area contributed by atoms with Crippen molar-refractivity contribution in [3.63, 3.8) is 0 Å². The van der Waals surface area contributed by atoms with Crippen molar-refractivity contribution in [2.24, 2.45) is 45.3 Å². The zero-order valence-electron chi connectivity index (χ0n) is 34.6. The highest BCUT2D eigenvalue weighted by molar-refractivity contribution is 5.32. The number of fused-ring (bicyclic) bond motifs is 5. The molecule has 0 spiro atoms. The molecule has 14 nitrogen and oxygen atoms in total. The molecule has 6 rings (SSSR count). The van der Waals surface area contributed by atoms with Crippen molar-refractivity contribution in [1.29, 1.82) is 0 Å². The van der Waals surface area contributed by atoms with E-state index < -0.39 is 104 Å². The Morgan fingerprint density at radius 2 is 1.41 bits per heavy atom. The highest BCUT2D eigenvalue weighted by atomic mass is 16.7. The van der Waals surface area contributed by atoms with Gasteiger partial charge in [0, 0.05) is 10.8 Å². The van der Waals surface area contributed by atoms with Gasteiger partial charge in [-0.05, 0) is 99.7 Å². The first-order chi connectivity index (χ1) is 25.9. The van der Waals surface area contributed by atoms with Crippen LogP contribution in [0.25, 0.3) is 0 Å². The number of aliphatic hydroxyl groups is 10. The fraction of sp³-hybridized carbons (Fsp3) is 0.952. The summed E-state index contributed by atoms with van der Waals surface area (Å²) in [6, 6.07) is 0. The summed E-state index contributed by atoms with van der Waals surface area (Å²) in [5, 5.41) is 106. The van der Waals surface area contributed by atoms with Gasteiger partial charge in [-0.1, -0.05) is 53.2 Å². The molecule has 324 valence electrons. The molecular formula is C42H72O14. The number of hydrogen-bond donors (Lipinski definition) is 10. The van der Waals surface area contributed by atoms with Crippen LogP contribution >= 0.6 is 0 Å². The molecule has 20 atom stereocenters. The van der Waals surface area contributed by atoms with Crippen LogP contribution in [0.5, 0.6) is 0 Å². The predicted octanol–water partition coefficient (Wildman–Crippen LogP) is 1.12. The molecule has 0 aromatic rings. The van der Waals surface area contributed by atoms with Crippen molar-refractivity contribution in [3.8, 4) is 0 Å². The molecule has 2 aliphatic heterocycles. The summed E-state index contributed by atoms with van der Waals surface area (Å²) < 4.78 is 23.6. The number of hydrogen-bond acceptors (Lipinski definition) is 14. The van der Waals surface area contributed by atoms with E-state index in [2.05, 4.69) is 47.6 Å². The second kappa shape index (κ2) is 15.9. The Morgan fingerprint density at radius 3 is 2.04 bits per heavy atom. The van der Waals surface area contributed by atoms with Gasteiger partial charge in [0.2, 0.25) is 0 Å². The van der Waals surface area contributed by atoms with E-state index in [1.165, 1.54) is 5.57 Å². The van der Waals surface area contributed by atoms with Crippen LogP contribution in [0.15, 0.2) is 11.6 Å². The molecule has 14 heteroatoms. The Balaban J connectivity index is 1.16. The minimum absolute atomic E-state index is 0.0159. The molecule has 10 N–H and O–H groups in total. The lowest BCUT2D eigenvalue weighted by Gasteiger charge is -2.67. The van der Waals surface area contributed by atoms with Crippen molar-refractivity contribution in [2.75, 3.05) is 13.2 Å². The lowest BCUT2D eigenvalue weighted by molar-refractivity contribution is -0.340. The van der Waals surface area contributed by atoms with E-state index in [4.69, 9.17) is 18.9 Å². The van der Waals surface area contributed by atoms with Gasteiger partial charge >= 0.3 is 0 Å². The van der Waals surface area contributed by atoms with Crippen molar-refractivity contribution in [1.82, 2.24) is 0 Å². The van der Waals surface area contributed by atoms with Crippen LogP contribution in [0, 0.1) is 45.3 Å². The summed E-state index contributed by atoms with van der Waals surface area (Å²) in [6.07, 6.45) is -8.06. The van der Waals surface area contributed by atoms with Crippen LogP contribution in [0.4, 0.5) is 0 Å². The van der Waals surface area contributed by atoms with Gasteiger partial charge in [-0.15, -0.1) is 0 Å². The average molecular weight is 801 g/mol. The normalized spacial score (nSPS) is 50.3. The van der Waals surface area contributed by atoms with Crippen LogP contribution in [0.2, 0.25) is 0 Å². The summed E-state index contributed by atoms with van der Waals surface area (Å²) in [5.74, 6) is 1.05. The number of aliphatic hydroxyl groups excluding tert-OH is 9. The monoisotopic (exact) mass is 800 g/mol. The van der Waals surface area contributed by atoms with E-state index in [9.17, 15) is 51.1 Å². The molecule has 0 radical (unpaired) electrons. The van der Waals surface area contributed by atoms with Crippen molar-refractivity contribution in [3.05, 3.63) is 11.6 Å². The van der Waals surface area contributed by atoms with Gasteiger partial charge in [0.05, 0.1) is 37.1 Å². The van der Waals surface area contributed by atoms with E-state index in [1.54, 1.807) is 13.8 Å². The van der Waals surface area contributed by atoms with Gasteiger partial charge in [-0.3, -0.25) is 0 Å². The first-order valence-corrected chi connectivity index (χ1v) is 21.0. The second-order valence-corrected chi connectivity index (χ2v) is 20.3. The zero-order valence-corrected chi connectivity index (χ0v) is 34.6. The van der Waals surface area contributed by atoms with Gasteiger partial charge < -0.3 is 70.0 Å². The fourth-order valence-electron chi connectivity index (χ4n) is 12.6. The molecule has 5 fully saturated rings. The molecule has 0 bridgehead atoms. The van der Waals surface area contributed by atoms with Gasteiger partial charge in [0.15, 0.2) is 12.6 Å². The Kier molecular flexibility index (Phi) is 12.7. The molecule has 6 aliphatic rings. The summed E-state index contributed by atoms with van der Waals surface area (Å²) >= 11 is 0. The minimum atomic E-state index is -1.67. The molecule has 0 aromatic carbocycles. The third-order valence-corrected chi connectivity index (χ3v) is 16.6. The molecule has 56 heavy (non-hydrogen) atoms. The van der Waals surface area contributed by atoms with Crippen molar-refractivity contribution in [2.45, 2.75) is 192 Å². The van der Waals surface area contributed by atoms with Gasteiger partial charge in [0.1, 0.15) is 48.8 Å². The predicted molar refractivity (Wildman–Crippen MR) is 202 cm³/mol. The fourth-order valence-corrected chi connectivity index (χ4v) is 12.6. The molecule has 4 aliphatic carbocycles. The molecule has 0 unspecified atom stereocenters. The van der Waals surface area contributed by atoms with E-state index in [1.807, 2.05) is 0 Å². The van der Waals surface area contributed by atoms with Gasteiger partial charge in [-0.25, -0.2) is 0 Å². The topological polar surface area (TPSA) is 239 Å². The summed E-state index contributed by atoms with van der Waals surface area (Å²) in [4.78, 5) is 0. The van der Waals surface area contributed by atoms with Crippen LogP contribution in [0.3, 0.4) is 0 Å². The van der Waals surface area contributed by atoms with E-state index >= 15 is 0 Å². The maximum absolute atomic E-state index is 12.4. The maximum atomic E-state index is 12.4. The molecule has 3 saturated carbocycles. The summed E-state index contributed by atoms with van der Waals surface area (Å²) in [6.45, 7) is 15.8. The van der Waals surface area contributed by atoms with Crippen LogP contribution in [-0.2, 0) is 18.9 Å². The Labute approximate surface area is 331 Å². The van der Waals surface area contributed by atoms with Gasteiger partial charge in [0.25, 0.3) is 0 Å². The highest BCUT2D eigenvalue weighted by Gasteiger charge is 2.70. The second-order valence-electron chi connectivity index (χ2n) is 20.3. The average Bonchev–Trinajstić information content (AvgIpc) is 3.40. The van der Waals surface area contributed by atoms with Crippen LogP contribution in [0.1, 0.15) is 107 Å². The summed E-state index contributed by atoms with van der Waals surface area (Å²) in [7, 11) is 0. The highest BCUT2D eigenvalue weighted by Crippen LogP contribution is 2.75. The Bertz CT molecular complexity index is 1400. The number of ether oxygens (including phenoxy) is 4. The van der Waals surface area contributed by atoms with Crippen LogP contribution < -0.4 is 0 Å². The third-order valence-electron chi connectivity index (χ3n) is 16.6. The summed E-state index contributed by atoms with van der Waals surface area (Å²) in [5.41, 5.74) is -0.985. The molecule has 2 heterocycles. The molecule has 0 amide bonds. The molecule has 0 aromatic heterocycles. The SMILES string of the molecule is C[C@H](CC[C@@H](O)C(C)(C)O)[C@@H]1CC[C@@]2(C)[C@@H]3CC=C4[C@@H](CC[C@H](O[C@H]5O[C@H](CO[C@@H]6O[C@H](CO)[C@@H](O)[C@H](O)[C@H]6O)[C@@H](O)[C@H](O)[C@H]5O)C4(C)C)[C@]3(C)[C@H](O)C[C@]12C. The van der Waals surface area contributed by atoms with Crippen molar-refractivity contribution < 1.29 is 70.0 Å². The smallest absolute Gasteiger partial charge is 0.187 e. The first-order valence-electron chi connectivity index (χ1n) is 21.0. The van der Waals surface area contributed by atoms with Gasteiger partial charge in [-0.2, -0.15) is 0 Å². The molecule has 2 saturated heterocycles. The van der Waals surface area contributed by atoms with E-state index in [0.29, 0.717) is 31.1 Å². The standard InChI is InChI=1S/C42H72O14/c1-20(9-13-27(44)39(4,5)52)21-15-16-40(6)26-12-10-22-23(42(26,8)28(45)17-41(21,40)7)11-14-29(38(22,2)3)56-37-35(51)33(49)31(47)25(55-37)19-53-36-34(50)32(48)30(46)24(18-43)54-36/h10,20-21,23-37,43-52H,9,11-19H2,1-8H3/t20-,21+,23-,24-,25-,26+,27-,28-,29+,30-,31-,32+,33+,34-,35-,36-,37-,40+,41-,42+/m1/s1. The largest absolute Gasteiger partial charge is 0.394 e. The van der Waals surface area contributed by atoms with Crippen molar-refractivity contribution >= 4 is 0 Å². The Morgan fingerprint density at radius 1 is 0.804 bits per heavy atom. The Hall–Kier alpha value is -0.820. The number of rotatable bonds is 11. The molecular weight excluding hydrogens is 728 g/mol. The lowest BCUT2D eigenvalue weighted by Crippen LogP contribution is -2.65. The van der Waals surface area contributed by atoms with E-state index in [0.717, 1.165) is 32.1 Å².